The molecule has 2 N–H and O–H groups in total. The maximum atomic E-state index is 6.23. The fourth-order valence-electron chi connectivity index (χ4n) is 1.63. The molecule has 0 aliphatic carbocycles. The standard InChI is InChI=1S/C12H14ClNOS/c1-7-8(2)16-12-10(7)5-9(6-11(12)13)15-4-3-14/h5-6H,3-4,14H2,1-2H3. The van der Waals surface area contributed by atoms with Crippen molar-refractivity contribution in [3.05, 3.63) is 27.6 Å². The minimum atomic E-state index is 0.511. The fourth-order valence-corrected chi connectivity index (χ4v) is 3.00. The van der Waals surface area contributed by atoms with Gasteiger partial charge in [0.25, 0.3) is 0 Å². The van der Waals surface area contributed by atoms with Crippen LogP contribution in [0.3, 0.4) is 0 Å². The van der Waals surface area contributed by atoms with Gasteiger partial charge in [0.15, 0.2) is 0 Å². The van der Waals surface area contributed by atoms with E-state index in [2.05, 4.69) is 13.8 Å². The van der Waals surface area contributed by atoms with Gasteiger partial charge in [-0.25, -0.2) is 0 Å². The maximum absolute atomic E-state index is 6.23. The summed E-state index contributed by atoms with van der Waals surface area (Å²) >= 11 is 7.95. The van der Waals surface area contributed by atoms with E-state index in [9.17, 15) is 0 Å². The maximum Gasteiger partial charge on any atom is 0.121 e. The first-order valence-corrected chi connectivity index (χ1v) is 6.35. The van der Waals surface area contributed by atoms with Crippen molar-refractivity contribution in [3.63, 3.8) is 0 Å². The summed E-state index contributed by atoms with van der Waals surface area (Å²) in [6.45, 7) is 5.25. The van der Waals surface area contributed by atoms with Crippen molar-refractivity contribution in [2.24, 2.45) is 5.73 Å². The molecule has 0 amide bonds. The Kier molecular flexibility index (Phi) is 3.38. The van der Waals surface area contributed by atoms with Gasteiger partial charge in [0.1, 0.15) is 12.4 Å². The van der Waals surface area contributed by atoms with E-state index in [1.165, 1.54) is 15.8 Å². The minimum Gasteiger partial charge on any atom is -0.492 e. The molecule has 0 spiro atoms. The van der Waals surface area contributed by atoms with Gasteiger partial charge in [0.2, 0.25) is 0 Å². The molecule has 1 heterocycles. The summed E-state index contributed by atoms with van der Waals surface area (Å²) in [5, 5.41) is 1.94. The van der Waals surface area contributed by atoms with Crippen LogP contribution >= 0.6 is 22.9 Å². The van der Waals surface area contributed by atoms with Gasteiger partial charge in [-0.3, -0.25) is 0 Å². The van der Waals surface area contributed by atoms with Gasteiger partial charge in [-0.15, -0.1) is 11.3 Å². The summed E-state index contributed by atoms with van der Waals surface area (Å²) in [5.74, 6) is 0.795. The van der Waals surface area contributed by atoms with E-state index >= 15 is 0 Å². The SMILES string of the molecule is Cc1sc2c(Cl)cc(OCCN)cc2c1C. The van der Waals surface area contributed by atoms with E-state index in [0.717, 1.165) is 15.5 Å². The number of fused-ring (bicyclic) bond motifs is 1. The van der Waals surface area contributed by atoms with E-state index in [4.69, 9.17) is 22.1 Å². The van der Waals surface area contributed by atoms with Gasteiger partial charge in [-0.05, 0) is 25.5 Å². The number of hydrogen-bond donors (Lipinski definition) is 1. The smallest absolute Gasteiger partial charge is 0.121 e. The van der Waals surface area contributed by atoms with Crippen LogP contribution in [0.5, 0.6) is 5.75 Å². The summed E-state index contributed by atoms with van der Waals surface area (Å²) in [4.78, 5) is 1.30. The van der Waals surface area contributed by atoms with Crippen molar-refractivity contribution in [2.75, 3.05) is 13.2 Å². The molecule has 1 aromatic carbocycles. The third-order valence-corrected chi connectivity index (χ3v) is 4.26. The zero-order valence-electron chi connectivity index (χ0n) is 9.34. The second-order valence-corrected chi connectivity index (χ2v) is 5.33. The Morgan fingerprint density at radius 2 is 2.12 bits per heavy atom. The van der Waals surface area contributed by atoms with Crippen LogP contribution in [0.15, 0.2) is 12.1 Å². The van der Waals surface area contributed by atoms with Crippen LogP contribution < -0.4 is 10.5 Å². The molecule has 1 aromatic heterocycles. The van der Waals surface area contributed by atoms with Crippen molar-refractivity contribution in [3.8, 4) is 5.75 Å². The summed E-state index contributed by atoms with van der Waals surface area (Å²) in [6.07, 6.45) is 0. The van der Waals surface area contributed by atoms with Gasteiger partial charge in [-0.1, -0.05) is 11.6 Å². The number of halogens is 1. The second-order valence-electron chi connectivity index (χ2n) is 3.70. The van der Waals surface area contributed by atoms with E-state index in [-0.39, 0.29) is 0 Å². The predicted molar refractivity (Wildman–Crippen MR) is 70.9 cm³/mol. The van der Waals surface area contributed by atoms with Crippen LogP contribution in [0.2, 0.25) is 5.02 Å². The second kappa shape index (κ2) is 4.62. The predicted octanol–water partition coefficient (Wildman–Crippen LogP) is 3.51. The van der Waals surface area contributed by atoms with Crippen molar-refractivity contribution < 1.29 is 4.74 Å². The van der Waals surface area contributed by atoms with Crippen molar-refractivity contribution >= 4 is 33.0 Å². The quantitative estimate of drug-likeness (QED) is 0.911. The number of benzene rings is 1. The number of aryl methyl sites for hydroxylation is 2. The number of rotatable bonds is 3. The Balaban J connectivity index is 2.52. The highest BCUT2D eigenvalue weighted by Crippen LogP contribution is 2.38. The number of hydrogen-bond acceptors (Lipinski definition) is 3. The molecule has 2 nitrogen and oxygen atoms in total. The van der Waals surface area contributed by atoms with Crippen LogP contribution in [-0.4, -0.2) is 13.2 Å². The highest BCUT2D eigenvalue weighted by Gasteiger charge is 2.10. The summed E-state index contributed by atoms with van der Waals surface area (Å²) in [6, 6.07) is 3.89. The van der Waals surface area contributed by atoms with Crippen molar-refractivity contribution in [2.45, 2.75) is 13.8 Å². The first-order valence-electron chi connectivity index (χ1n) is 5.15. The zero-order chi connectivity index (χ0) is 11.7. The molecular weight excluding hydrogens is 242 g/mol. The molecular formula is C12H14ClNOS. The molecule has 4 heteroatoms. The molecule has 86 valence electrons. The Labute approximate surface area is 104 Å². The third-order valence-electron chi connectivity index (χ3n) is 2.59. The van der Waals surface area contributed by atoms with E-state index in [1.54, 1.807) is 11.3 Å². The summed E-state index contributed by atoms with van der Waals surface area (Å²) < 4.78 is 6.64. The van der Waals surface area contributed by atoms with E-state index < -0.39 is 0 Å². The lowest BCUT2D eigenvalue weighted by Crippen LogP contribution is -2.10. The van der Waals surface area contributed by atoms with E-state index in [0.29, 0.717) is 13.2 Å². The first-order chi connectivity index (χ1) is 7.63. The molecule has 0 aliphatic heterocycles. The molecule has 0 radical (unpaired) electrons. The lowest BCUT2D eigenvalue weighted by molar-refractivity contribution is 0.329. The average Bonchev–Trinajstić information content (AvgIpc) is 2.54. The van der Waals surface area contributed by atoms with Gasteiger partial charge in [0, 0.05) is 22.9 Å². The Morgan fingerprint density at radius 1 is 1.38 bits per heavy atom. The number of ether oxygens (including phenoxy) is 1. The molecule has 0 fully saturated rings. The van der Waals surface area contributed by atoms with Crippen LogP contribution in [0, 0.1) is 13.8 Å². The fraction of sp³-hybridized carbons (Fsp3) is 0.333. The Bertz CT molecular complexity index is 521. The van der Waals surface area contributed by atoms with Gasteiger partial charge in [-0.2, -0.15) is 0 Å². The van der Waals surface area contributed by atoms with Gasteiger partial charge < -0.3 is 10.5 Å². The topological polar surface area (TPSA) is 35.2 Å². The van der Waals surface area contributed by atoms with Crippen LogP contribution in [0.1, 0.15) is 10.4 Å². The molecule has 0 aliphatic rings. The first kappa shape index (κ1) is 11.7. The van der Waals surface area contributed by atoms with Gasteiger partial charge >= 0.3 is 0 Å². The third kappa shape index (κ3) is 2.03. The zero-order valence-corrected chi connectivity index (χ0v) is 10.9. The van der Waals surface area contributed by atoms with Crippen molar-refractivity contribution in [1.29, 1.82) is 0 Å². The van der Waals surface area contributed by atoms with Crippen molar-refractivity contribution in [1.82, 2.24) is 0 Å². The van der Waals surface area contributed by atoms with Gasteiger partial charge in [0.05, 0.1) is 9.72 Å². The monoisotopic (exact) mass is 255 g/mol. The highest BCUT2D eigenvalue weighted by molar-refractivity contribution is 7.19. The molecule has 0 atom stereocenters. The number of nitrogens with two attached hydrogens (primary N) is 1. The molecule has 0 bridgehead atoms. The molecule has 0 saturated heterocycles. The lowest BCUT2D eigenvalue weighted by Gasteiger charge is -2.05. The number of thiophene rings is 1. The van der Waals surface area contributed by atoms with Crippen LogP contribution in [0.25, 0.3) is 10.1 Å². The highest BCUT2D eigenvalue weighted by atomic mass is 35.5. The molecule has 0 unspecified atom stereocenters. The molecule has 0 saturated carbocycles. The summed E-state index contributed by atoms with van der Waals surface area (Å²) in [5.41, 5.74) is 6.68. The molecule has 2 aromatic rings. The van der Waals surface area contributed by atoms with Crippen LogP contribution in [0.4, 0.5) is 0 Å². The van der Waals surface area contributed by atoms with E-state index in [1.807, 2.05) is 12.1 Å². The Hall–Kier alpha value is -0.770. The summed E-state index contributed by atoms with van der Waals surface area (Å²) in [7, 11) is 0. The lowest BCUT2D eigenvalue weighted by atomic mass is 10.1. The van der Waals surface area contributed by atoms with Crippen LogP contribution in [-0.2, 0) is 0 Å². The molecule has 2 rings (SSSR count). The minimum absolute atomic E-state index is 0.511. The normalized spacial score (nSPS) is 11.0. The largest absolute Gasteiger partial charge is 0.492 e. The Morgan fingerprint density at radius 3 is 2.81 bits per heavy atom. The molecule has 16 heavy (non-hydrogen) atoms. The average molecular weight is 256 g/mol.